The van der Waals surface area contributed by atoms with Crippen LogP contribution in [0.2, 0.25) is 0 Å². The molecule has 40 heavy (non-hydrogen) atoms. The SMILES string of the molecule is O=C(CCN1CCOCC1)Nc1cc(C(=O)NCc2ccco2)ccc1N1CC2CC(C1)c1cccc(=O)n1C2. The van der Waals surface area contributed by atoms with Gasteiger partial charge in [0.1, 0.15) is 5.76 Å². The molecule has 2 N–H and O–H groups in total. The van der Waals surface area contributed by atoms with Crippen LogP contribution in [0, 0.1) is 5.92 Å². The van der Waals surface area contributed by atoms with Gasteiger partial charge in [0.05, 0.1) is 37.4 Å². The minimum atomic E-state index is -0.240. The van der Waals surface area contributed by atoms with Gasteiger partial charge in [-0.25, -0.2) is 0 Å². The summed E-state index contributed by atoms with van der Waals surface area (Å²) in [5.74, 6) is 0.890. The van der Waals surface area contributed by atoms with Gasteiger partial charge in [0, 0.05) is 68.9 Å². The van der Waals surface area contributed by atoms with Crippen LogP contribution in [0.4, 0.5) is 11.4 Å². The second-order valence-electron chi connectivity index (χ2n) is 10.8. The van der Waals surface area contributed by atoms with E-state index in [1.54, 1.807) is 30.5 Å². The highest BCUT2D eigenvalue weighted by atomic mass is 16.5. The Bertz CT molecular complexity index is 1410. The Morgan fingerprint density at radius 2 is 1.88 bits per heavy atom. The highest BCUT2D eigenvalue weighted by Crippen LogP contribution is 2.39. The molecule has 3 aliphatic heterocycles. The lowest BCUT2D eigenvalue weighted by Gasteiger charge is -2.44. The van der Waals surface area contributed by atoms with Crippen molar-refractivity contribution >= 4 is 23.2 Å². The summed E-state index contributed by atoms with van der Waals surface area (Å²) >= 11 is 0. The Morgan fingerprint density at radius 3 is 2.70 bits per heavy atom. The van der Waals surface area contributed by atoms with Gasteiger partial charge in [-0.2, -0.15) is 0 Å². The summed E-state index contributed by atoms with van der Waals surface area (Å²) < 4.78 is 12.7. The monoisotopic (exact) mass is 545 g/mol. The van der Waals surface area contributed by atoms with Crippen LogP contribution >= 0.6 is 0 Å². The number of carbonyl (C=O) groups is 2. The second-order valence-corrected chi connectivity index (χ2v) is 10.8. The van der Waals surface area contributed by atoms with E-state index < -0.39 is 0 Å². The van der Waals surface area contributed by atoms with Crippen molar-refractivity contribution in [3.8, 4) is 0 Å². The van der Waals surface area contributed by atoms with Crippen LogP contribution in [0.15, 0.2) is 64.0 Å². The van der Waals surface area contributed by atoms with Crippen molar-refractivity contribution in [2.45, 2.75) is 31.8 Å². The molecule has 3 aliphatic rings. The van der Waals surface area contributed by atoms with E-state index in [-0.39, 0.29) is 29.8 Å². The highest BCUT2D eigenvalue weighted by Gasteiger charge is 2.35. The highest BCUT2D eigenvalue weighted by molar-refractivity contribution is 6.00. The fraction of sp³-hybridized carbons (Fsp3) is 0.433. The fourth-order valence-corrected chi connectivity index (χ4v) is 6.13. The third kappa shape index (κ3) is 5.83. The van der Waals surface area contributed by atoms with E-state index in [0.29, 0.717) is 55.7 Å². The Morgan fingerprint density at radius 1 is 1.00 bits per heavy atom. The minimum Gasteiger partial charge on any atom is -0.467 e. The lowest BCUT2D eigenvalue weighted by molar-refractivity contribution is -0.116. The first-order valence-corrected chi connectivity index (χ1v) is 14.0. The number of furan rings is 1. The maximum atomic E-state index is 13.1. The van der Waals surface area contributed by atoms with E-state index in [1.807, 2.05) is 28.8 Å². The maximum Gasteiger partial charge on any atom is 0.251 e. The Kier molecular flexibility index (Phi) is 7.70. The van der Waals surface area contributed by atoms with Crippen molar-refractivity contribution in [2.75, 3.05) is 56.2 Å². The van der Waals surface area contributed by atoms with Crippen molar-refractivity contribution < 1.29 is 18.7 Å². The van der Waals surface area contributed by atoms with Crippen LogP contribution in [0.5, 0.6) is 0 Å². The molecule has 2 saturated heterocycles. The molecule has 5 heterocycles. The van der Waals surface area contributed by atoms with E-state index in [9.17, 15) is 14.4 Å². The third-order valence-corrected chi connectivity index (χ3v) is 8.12. The Balaban J connectivity index is 1.22. The van der Waals surface area contributed by atoms with Crippen LogP contribution in [-0.2, 0) is 22.6 Å². The predicted octanol–water partition coefficient (Wildman–Crippen LogP) is 2.66. The number of carbonyl (C=O) groups excluding carboxylic acids is 2. The van der Waals surface area contributed by atoms with Crippen LogP contribution in [-0.4, -0.2) is 67.2 Å². The number of nitrogens with zero attached hydrogens (tertiary/aromatic N) is 3. The number of hydrogen-bond donors (Lipinski definition) is 2. The van der Waals surface area contributed by atoms with Crippen molar-refractivity contribution in [1.29, 1.82) is 0 Å². The number of amides is 2. The number of rotatable bonds is 8. The standard InChI is InChI=1S/C30H35N5O5/c36-28(8-9-33-10-13-39-14-11-33)32-25-16-22(30(38)31-17-24-3-2-12-40-24)6-7-27(25)34-18-21-15-23(20-34)26-4-1-5-29(37)35(26)19-21/h1-7,12,16,21,23H,8-11,13-15,17-20H2,(H,31,38)(H,32,36). The number of nitrogens with one attached hydrogen (secondary N) is 2. The fourth-order valence-electron chi connectivity index (χ4n) is 6.13. The number of benzene rings is 1. The lowest BCUT2D eigenvalue weighted by Crippen LogP contribution is -2.47. The summed E-state index contributed by atoms with van der Waals surface area (Å²) in [6.45, 7) is 6.17. The molecule has 0 radical (unpaired) electrons. The topological polar surface area (TPSA) is 109 Å². The molecule has 2 fully saturated rings. The van der Waals surface area contributed by atoms with Crippen LogP contribution in [0.3, 0.4) is 0 Å². The number of morpholine rings is 1. The van der Waals surface area contributed by atoms with Gasteiger partial charge in [0.25, 0.3) is 11.5 Å². The molecule has 10 nitrogen and oxygen atoms in total. The Labute approximate surface area is 232 Å². The van der Waals surface area contributed by atoms with Gasteiger partial charge in [-0.3, -0.25) is 19.3 Å². The molecule has 2 aromatic heterocycles. The molecule has 210 valence electrons. The first-order valence-electron chi connectivity index (χ1n) is 14.0. The summed E-state index contributed by atoms with van der Waals surface area (Å²) in [6.07, 6.45) is 2.97. The number of aromatic nitrogens is 1. The van der Waals surface area contributed by atoms with Gasteiger partial charge >= 0.3 is 0 Å². The molecule has 1 aromatic carbocycles. The molecule has 0 aliphatic carbocycles. The average Bonchev–Trinajstić information content (AvgIpc) is 3.50. The first-order chi connectivity index (χ1) is 19.5. The van der Waals surface area contributed by atoms with Crippen molar-refractivity contribution in [2.24, 2.45) is 5.92 Å². The number of hydrogen-bond acceptors (Lipinski definition) is 7. The zero-order valence-corrected chi connectivity index (χ0v) is 22.5. The van der Waals surface area contributed by atoms with E-state index in [2.05, 4.69) is 20.4 Å². The molecule has 0 spiro atoms. The average molecular weight is 546 g/mol. The molecule has 2 bridgehead atoms. The molecule has 2 atom stereocenters. The number of fused-ring (bicyclic) bond motifs is 4. The molecule has 3 aromatic rings. The minimum absolute atomic E-state index is 0.0544. The first kappa shape index (κ1) is 26.3. The normalized spacial score (nSPS) is 20.6. The summed E-state index contributed by atoms with van der Waals surface area (Å²) in [5.41, 5.74) is 3.11. The molecular weight excluding hydrogens is 510 g/mol. The molecule has 2 unspecified atom stereocenters. The smallest absolute Gasteiger partial charge is 0.251 e. The summed E-state index contributed by atoms with van der Waals surface area (Å²) in [5, 5.41) is 6.00. The lowest BCUT2D eigenvalue weighted by atomic mass is 9.83. The quantitative estimate of drug-likeness (QED) is 0.448. The number of anilines is 2. The second kappa shape index (κ2) is 11.7. The summed E-state index contributed by atoms with van der Waals surface area (Å²) in [7, 11) is 0. The largest absolute Gasteiger partial charge is 0.467 e. The third-order valence-electron chi connectivity index (χ3n) is 8.12. The molecule has 6 rings (SSSR count). The van der Waals surface area contributed by atoms with Gasteiger partial charge < -0.3 is 29.3 Å². The van der Waals surface area contributed by atoms with Gasteiger partial charge in [-0.05, 0) is 48.7 Å². The number of ether oxygens (including phenoxy) is 1. The molecule has 2 amide bonds. The maximum absolute atomic E-state index is 13.1. The summed E-state index contributed by atoms with van der Waals surface area (Å²) in [6, 6.07) is 14.6. The van der Waals surface area contributed by atoms with Gasteiger partial charge in [-0.1, -0.05) is 6.07 Å². The zero-order valence-electron chi connectivity index (χ0n) is 22.5. The zero-order chi connectivity index (χ0) is 27.5. The van der Waals surface area contributed by atoms with E-state index >= 15 is 0 Å². The Hall–Kier alpha value is -3.89. The van der Waals surface area contributed by atoms with Gasteiger partial charge in [0.2, 0.25) is 5.91 Å². The van der Waals surface area contributed by atoms with Gasteiger partial charge in [0.15, 0.2) is 0 Å². The van der Waals surface area contributed by atoms with Crippen LogP contribution in [0.1, 0.15) is 40.6 Å². The van der Waals surface area contributed by atoms with Crippen molar-refractivity contribution in [1.82, 2.24) is 14.8 Å². The van der Waals surface area contributed by atoms with E-state index in [4.69, 9.17) is 9.15 Å². The van der Waals surface area contributed by atoms with Gasteiger partial charge in [-0.15, -0.1) is 0 Å². The predicted molar refractivity (Wildman–Crippen MR) is 151 cm³/mol. The number of piperidine rings is 1. The molecular formula is C30H35N5O5. The number of pyridine rings is 1. The van der Waals surface area contributed by atoms with E-state index in [0.717, 1.165) is 44.0 Å². The van der Waals surface area contributed by atoms with Crippen molar-refractivity contribution in [3.05, 3.63) is 82.2 Å². The molecule has 10 heteroatoms. The van der Waals surface area contributed by atoms with Crippen LogP contribution in [0.25, 0.3) is 0 Å². The van der Waals surface area contributed by atoms with E-state index in [1.165, 1.54) is 0 Å². The van der Waals surface area contributed by atoms with Crippen molar-refractivity contribution in [3.63, 3.8) is 0 Å². The summed E-state index contributed by atoms with van der Waals surface area (Å²) in [4.78, 5) is 43.1. The molecule has 0 saturated carbocycles. The van der Waals surface area contributed by atoms with Crippen LogP contribution < -0.4 is 21.1 Å².